The van der Waals surface area contributed by atoms with Crippen LogP contribution in [-0.4, -0.2) is 19.7 Å². The third-order valence-electron chi connectivity index (χ3n) is 5.33. The summed E-state index contributed by atoms with van der Waals surface area (Å²) in [6.45, 7) is 0. The second-order valence-corrected chi connectivity index (χ2v) is 8.18. The van der Waals surface area contributed by atoms with Crippen molar-refractivity contribution in [3.63, 3.8) is 0 Å². The Morgan fingerprint density at radius 2 is 1.79 bits per heavy atom. The molecule has 4 aromatic rings. The van der Waals surface area contributed by atoms with Crippen molar-refractivity contribution in [2.75, 3.05) is 5.73 Å². The summed E-state index contributed by atoms with van der Waals surface area (Å²) in [5.74, 6) is 0.512. The van der Waals surface area contributed by atoms with E-state index in [-0.39, 0.29) is 24.8 Å². The maximum Gasteiger partial charge on any atom is 0.133 e. The molecule has 1 fully saturated rings. The van der Waals surface area contributed by atoms with Crippen LogP contribution in [0.5, 0.6) is 0 Å². The van der Waals surface area contributed by atoms with Crippen LogP contribution in [0.25, 0.3) is 31.9 Å². The van der Waals surface area contributed by atoms with E-state index < -0.39 is 0 Å². The highest BCUT2D eigenvalue weighted by Crippen LogP contribution is 2.35. The molecule has 0 unspecified atom stereocenters. The fraction of sp³-hybridized carbons (Fsp3) is 0.286. The van der Waals surface area contributed by atoms with E-state index in [0.29, 0.717) is 11.9 Å². The molecule has 0 atom stereocenters. The van der Waals surface area contributed by atoms with Gasteiger partial charge in [-0.3, -0.25) is 4.68 Å². The van der Waals surface area contributed by atoms with Crippen molar-refractivity contribution in [3.8, 4) is 21.7 Å². The van der Waals surface area contributed by atoms with Crippen LogP contribution in [0.3, 0.4) is 0 Å². The standard InChI is InChI=1S/C21H21N5S.2ClH/c22-20-17(21-25-18-8-4-5-9-19(18)27-21)10-14(11-23-20)15-12-24-26(13-15)16-6-2-1-3-7-16;;/h4-5,8-13,16H,1-3,6-7H2,(H2,22,23);2*1H. The Hall–Kier alpha value is -2.15. The van der Waals surface area contributed by atoms with Crippen molar-refractivity contribution >= 4 is 52.2 Å². The molecule has 3 heterocycles. The molecule has 2 N–H and O–H groups in total. The lowest BCUT2D eigenvalue weighted by atomic mass is 9.96. The Bertz CT molecular complexity index is 1070. The molecular weight excluding hydrogens is 425 g/mol. The first-order chi connectivity index (χ1) is 13.3. The van der Waals surface area contributed by atoms with E-state index in [9.17, 15) is 0 Å². The van der Waals surface area contributed by atoms with E-state index >= 15 is 0 Å². The number of anilines is 1. The van der Waals surface area contributed by atoms with Gasteiger partial charge in [0.15, 0.2) is 0 Å². The third-order valence-corrected chi connectivity index (χ3v) is 6.40. The molecule has 5 rings (SSSR count). The molecule has 0 saturated heterocycles. The second-order valence-electron chi connectivity index (χ2n) is 7.14. The van der Waals surface area contributed by atoms with Crippen molar-refractivity contribution in [3.05, 3.63) is 48.9 Å². The van der Waals surface area contributed by atoms with Crippen molar-refractivity contribution in [2.24, 2.45) is 0 Å². The average Bonchev–Trinajstić information content (AvgIpc) is 3.36. The van der Waals surface area contributed by atoms with Gasteiger partial charge < -0.3 is 5.73 Å². The normalized spacial score (nSPS) is 14.3. The van der Waals surface area contributed by atoms with Gasteiger partial charge in [-0.15, -0.1) is 36.2 Å². The van der Waals surface area contributed by atoms with Gasteiger partial charge in [-0.05, 0) is 31.0 Å². The lowest BCUT2D eigenvalue weighted by Crippen LogP contribution is -2.12. The molecule has 0 amide bonds. The molecule has 8 heteroatoms. The molecule has 0 bridgehead atoms. The molecule has 1 aliphatic rings. The van der Waals surface area contributed by atoms with Gasteiger partial charge in [-0.25, -0.2) is 9.97 Å². The number of nitrogens with zero attached hydrogens (tertiary/aromatic N) is 4. The number of rotatable bonds is 3. The Kier molecular flexibility index (Phi) is 6.77. The Balaban J connectivity index is 0.00000120. The highest BCUT2D eigenvalue weighted by Gasteiger charge is 2.17. The summed E-state index contributed by atoms with van der Waals surface area (Å²) in [5.41, 5.74) is 10.2. The fourth-order valence-electron chi connectivity index (χ4n) is 3.82. The first kappa shape index (κ1) is 21.6. The number of fused-ring (bicyclic) bond motifs is 1. The van der Waals surface area contributed by atoms with E-state index in [1.54, 1.807) is 11.3 Å². The number of aromatic nitrogens is 4. The first-order valence-electron chi connectivity index (χ1n) is 9.44. The summed E-state index contributed by atoms with van der Waals surface area (Å²) < 4.78 is 3.28. The largest absolute Gasteiger partial charge is 0.383 e. The number of hydrogen-bond donors (Lipinski definition) is 1. The van der Waals surface area contributed by atoms with Crippen molar-refractivity contribution in [2.45, 2.75) is 38.1 Å². The van der Waals surface area contributed by atoms with E-state index in [2.05, 4.69) is 33.1 Å². The van der Waals surface area contributed by atoms with Crippen LogP contribution in [0, 0.1) is 0 Å². The molecule has 1 aromatic carbocycles. The first-order valence-corrected chi connectivity index (χ1v) is 10.3. The monoisotopic (exact) mass is 447 g/mol. The molecule has 0 radical (unpaired) electrons. The molecule has 152 valence electrons. The van der Waals surface area contributed by atoms with Gasteiger partial charge in [0.05, 0.1) is 28.0 Å². The van der Waals surface area contributed by atoms with Crippen LogP contribution < -0.4 is 5.73 Å². The molecular formula is C21H23Cl2N5S. The Morgan fingerprint density at radius 3 is 2.59 bits per heavy atom. The van der Waals surface area contributed by atoms with Gasteiger partial charge in [0.1, 0.15) is 10.8 Å². The second kappa shape index (κ2) is 9.11. The molecule has 1 aliphatic carbocycles. The topological polar surface area (TPSA) is 69.6 Å². The predicted octanol–water partition coefficient (Wildman–Crippen LogP) is 6.15. The van der Waals surface area contributed by atoms with E-state index in [1.165, 1.54) is 32.1 Å². The molecule has 3 aromatic heterocycles. The van der Waals surface area contributed by atoms with Gasteiger partial charge in [-0.2, -0.15) is 5.10 Å². The van der Waals surface area contributed by atoms with Gasteiger partial charge in [-0.1, -0.05) is 31.4 Å². The molecule has 5 nitrogen and oxygen atoms in total. The minimum absolute atomic E-state index is 0. The fourth-order valence-corrected chi connectivity index (χ4v) is 4.81. The highest BCUT2D eigenvalue weighted by atomic mass is 35.5. The van der Waals surface area contributed by atoms with E-state index in [4.69, 9.17) is 10.7 Å². The zero-order chi connectivity index (χ0) is 18.2. The number of hydrogen-bond acceptors (Lipinski definition) is 5. The van der Waals surface area contributed by atoms with Gasteiger partial charge in [0.2, 0.25) is 0 Å². The summed E-state index contributed by atoms with van der Waals surface area (Å²) in [6, 6.07) is 10.8. The van der Waals surface area contributed by atoms with Gasteiger partial charge in [0.25, 0.3) is 0 Å². The van der Waals surface area contributed by atoms with Crippen LogP contribution in [0.2, 0.25) is 0 Å². The number of benzene rings is 1. The minimum Gasteiger partial charge on any atom is -0.383 e. The van der Waals surface area contributed by atoms with Crippen LogP contribution in [-0.2, 0) is 0 Å². The lowest BCUT2D eigenvalue weighted by Gasteiger charge is -2.21. The summed E-state index contributed by atoms with van der Waals surface area (Å²) in [6.07, 6.45) is 12.3. The van der Waals surface area contributed by atoms with Crippen LogP contribution in [0.15, 0.2) is 48.9 Å². The Labute approximate surface area is 186 Å². The predicted molar refractivity (Wildman–Crippen MR) is 125 cm³/mol. The van der Waals surface area contributed by atoms with Crippen LogP contribution in [0.1, 0.15) is 38.1 Å². The zero-order valence-corrected chi connectivity index (χ0v) is 18.3. The smallest absolute Gasteiger partial charge is 0.133 e. The Morgan fingerprint density at radius 1 is 1.00 bits per heavy atom. The number of pyridine rings is 1. The number of thiazole rings is 1. The summed E-state index contributed by atoms with van der Waals surface area (Å²) in [7, 11) is 0. The van der Waals surface area contributed by atoms with Crippen molar-refractivity contribution < 1.29 is 0 Å². The van der Waals surface area contributed by atoms with Gasteiger partial charge >= 0.3 is 0 Å². The zero-order valence-electron chi connectivity index (χ0n) is 15.8. The molecule has 0 spiro atoms. The minimum atomic E-state index is 0. The van der Waals surface area contributed by atoms with Gasteiger partial charge in [0, 0.05) is 23.5 Å². The maximum absolute atomic E-state index is 6.18. The van der Waals surface area contributed by atoms with E-state index in [1.807, 2.05) is 30.6 Å². The quantitative estimate of drug-likeness (QED) is 0.408. The number of halogens is 2. The summed E-state index contributed by atoms with van der Waals surface area (Å²) >= 11 is 1.64. The number of nitrogens with two attached hydrogens (primary N) is 1. The van der Waals surface area contributed by atoms with Crippen LogP contribution in [0.4, 0.5) is 5.82 Å². The summed E-state index contributed by atoms with van der Waals surface area (Å²) in [5, 5.41) is 5.53. The lowest BCUT2D eigenvalue weighted by molar-refractivity contribution is 0.329. The van der Waals surface area contributed by atoms with Crippen molar-refractivity contribution in [1.29, 1.82) is 0 Å². The van der Waals surface area contributed by atoms with Crippen LogP contribution >= 0.6 is 36.2 Å². The average molecular weight is 448 g/mol. The van der Waals surface area contributed by atoms with E-state index in [0.717, 1.165) is 31.9 Å². The summed E-state index contributed by atoms with van der Waals surface area (Å²) in [4.78, 5) is 9.17. The molecule has 0 aliphatic heterocycles. The molecule has 1 saturated carbocycles. The number of para-hydroxylation sites is 1. The highest BCUT2D eigenvalue weighted by molar-refractivity contribution is 7.21. The SMILES string of the molecule is Cl.Cl.Nc1ncc(-c2cnn(C3CCCCC3)c2)cc1-c1nc2ccccc2s1. The van der Waals surface area contributed by atoms with Crippen molar-refractivity contribution in [1.82, 2.24) is 19.7 Å². The molecule has 29 heavy (non-hydrogen) atoms. The third kappa shape index (κ3) is 4.25. The number of nitrogen functional groups attached to an aromatic ring is 1. The maximum atomic E-state index is 6.18.